The van der Waals surface area contributed by atoms with E-state index in [1.165, 1.54) is 18.3 Å². The molecule has 134 valence electrons. The van der Waals surface area contributed by atoms with Crippen molar-refractivity contribution in [1.82, 2.24) is 4.90 Å². The molecule has 8 heteroatoms. The number of benzene rings is 1. The summed E-state index contributed by atoms with van der Waals surface area (Å²) in [4.78, 5) is 6.15. The number of aliphatic imine (C=N–C) groups is 1. The normalized spacial score (nSPS) is 23.8. The molecule has 0 fully saturated rings. The summed E-state index contributed by atoms with van der Waals surface area (Å²) >= 11 is 0. The Balaban J connectivity index is 1.83. The molecule has 1 atom stereocenters. The Morgan fingerprint density at radius 1 is 1.31 bits per heavy atom. The molecule has 0 N–H and O–H groups in total. The Morgan fingerprint density at radius 3 is 2.85 bits per heavy atom. The lowest BCUT2D eigenvalue weighted by molar-refractivity contribution is -0.0906. The van der Waals surface area contributed by atoms with E-state index in [2.05, 4.69) is 9.73 Å². The van der Waals surface area contributed by atoms with Crippen LogP contribution in [0.25, 0.3) is 0 Å². The van der Waals surface area contributed by atoms with Gasteiger partial charge in [-0.2, -0.15) is 14.0 Å². The Morgan fingerprint density at radius 2 is 2.12 bits per heavy atom. The van der Waals surface area contributed by atoms with Gasteiger partial charge in [-0.3, -0.25) is 4.99 Å². The van der Waals surface area contributed by atoms with Crippen LogP contribution >= 0.6 is 0 Å². The van der Waals surface area contributed by atoms with Gasteiger partial charge in [0, 0.05) is 12.3 Å². The van der Waals surface area contributed by atoms with E-state index in [0.29, 0.717) is 24.8 Å². The first-order valence-corrected chi connectivity index (χ1v) is 8.06. The van der Waals surface area contributed by atoms with E-state index in [9.17, 15) is 17.6 Å². The van der Waals surface area contributed by atoms with Crippen LogP contribution in [0.2, 0.25) is 0 Å². The van der Waals surface area contributed by atoms with Gasteiger partial charge in [-0.15, -0.1) is 0 Å². The van der Waals surface area contributed by atoms with Crippen molar-refractivity contribution in [1.29, 1.82) is 5.26 Å². The van der Waals surface area contributed by atoms with Crippen molar-refractivity contribution in [2.45, 2.75) is 31.4 Å². The Kier molecular flexibility index (Phi) is 3.75. The van der Waals surface area contributed by atoms with Crippen molar-refractivity contribution >= 4 is 5.84 Å². The third kappa shape index (κ3) is 2.46. The van der Waals surface area contributed by atoms with Crippen LogP contribution < -0.4 is 0 Å². The van der Waals surface area contributed by atoms with Crippen LogP contribution in [0.3, 0.4) is 0 Å². The van der Waals surface area contributed by atoms with Gasteiger partial charge in [-0.25, -0.2) is 8.78 Å². The summed E-state index contributed by atoms with van der Waals surface area (Å²) in [5, 5.41) is 9.13. The standard InChI is InChI=1S/C18H13F4N3O/c19-13-4-3-12-11(15(13)20)2-1-5-18(12)9-25-8-10(7-23)6-14(16(25)24-18)26-17(21)22/h3-4,6,8,17H,1-2,5,9H2/t18-/m1/s1. The molecule has 1 spiro atoms. The van der Waals surface area contributed by atoms with Crippen LogP contribution in [-0.4, -0.2) is 23.9 Å². The van der Waals surface area contributed by atoms with E-state index < -0.39 is 23.8 Å². The van der Waals surface area contributed by atoms with Crippen LogP contribution in [0.5, 0.6) is 0 Å². The van der Waals surface area contributed by atoms with Crippen molar-refractivity contribution in [3.8, 4) is 6.07 Å². The first-order valence-electron chi connectivity index (χ1n) is 8.06. The molecular formula is C18H13F4N3O. The van der Waals surface area contributed by atoms with Gasteiger partial charge in [-0.05, 0) is 36.5 Å². The van der Waals surface area contributed by atoms with E-state index in [1.54, 1.807) is 4.90 Å². The average molecular weight is 363 g/mol. The Bertz CT molecular complexity index is 916. The molecule has 4 nitrogen and oxygen atoms in total. The second-order valence-corrected chi connectivity index (χ2v) is 6.42. The van der Waals surface area contributed by atoms with Gasteiger partial charge in [0.1, 0.15) is 11.6 Å². The predicted molar refractivity (Wildman–Crippen MR) is 84.0 cm³/mol. The summed E-state index contributed by atoms with van der Waals surface area (Å²) in [6, 6.07) is 4.46. The van der Waals surface area contributed by atoms with Crippen molar-refractivity contribution in [2.24, 2.45) is 4.99 Å². The lowest BCUT2D eigenvalue weighted by Gasteiger charge is -2.33. The molecule has 0 amide bonds. The minimum atomic E-state index is -3.06. The van der Waals surface area contributed by atoms with Crippen LogP contribution in [0.1, 0.15) is 24.0 Å². The quantitative estimate of drug-likeness (QED) is 0.752. The lowest BCUT2D eigenvalue weighted by Crippen LogP contribution is -2.36. The third-order valence-electron chi connectivity index (χ3n) is 4.89. The zero-order valence-electron chi connectivity index (χ0n) is 13.5. The number of nitrogens with zero attached hydrogens (tertiary/aromatic N) is 3. The largest absolute Gasteiger partial charge is 0.431 e. The van der Waals surface area contributed by atoms with Crippen molar-refractivity contribution in [3.63, 3.8) is 0 Å². The topological polar surface area (TPSA) is 48.6 Å². The second-order valence-electron chi connectivity index (χ2n) is 6.42. The molecule has 1 aromatic carbocycles. The van der Waals surface area contributed by atoms with Gasteiger partial charge in [0.25, 0.3) is 0 Å². The zero-order valence-corrected chi connectivity index (χ0v) is 13.5. The van der Waals surface area contributed by atoms with Gasteiger partial charge in [-0.1, -0.05) is 6.07 Å². The smallest absolute Gasteiger partial charge is 0.387 e. The van der Waals surface area contributed by atoms with Gasteiger partial charge < -0.3 is 9.64 Å². The van der Waals surface area contributed by atoms with E-state index in [-0.39, 0.29) is 29.3 Å². The van der Waals surface area contributed by atoms with E-state index >= 15 is 0 Å². The third-order valence-corrected chi connectivity index (χ3v) is 4.89. The van der Waals surface area contributed by atoms with Gasteiger partial charge in [0.05, 0.1) is 12.1 Å². The first-order chi connectivity index (χ1) is 12.4. The fraction of sp³-hybridized carbons (Fsp3) is 0.333. The summed E-state index contributed by atoms with van der Waals surface area (Å²) in [5.41, 5.74) is 0.0831. The minimum absolute atomic E-state index is 0.151. The fourth-order valence-corrected chi connectivity index (χ4v) is 3.86. The van der Waals surface area contributed by atoms with E-state index in [4.69, 9.17) is 5.26 Å². The lowest BCUT2D eigenvalue weighted by atomic mass is 9.77. The molecule has 0 radical (unpaired) electrons. The molecule has 0 saturated heterocycles. The number of allylic oxidation sites excluding steroid dienone is 2. The number of halogens is 4. The molecular weight excluding hydrogens is 350 g/mol. The highest BCUT2D eigenvalue weighted by atomic mass is 19.3. The number of hydrogen-bond donors (Lipinski definition) is 0. The summed E-state index contributed by atoms with van der Waals surface area (Å²) in [7, 11) is 0. The molecule has 3 aliphatic rings. The van der Waals surface area contributed by atoms with Crippen LogP contribution in [0.15, 0.2) is 40.7 Å². The molecule has 0 bridgehead atoms. The number of amidine groups is 1. The fourth-order valence-electron chi connectivity index (χ4n) is 3.86. The van der Waals surface area contributed by atoms with E-state index in [0.717, 1.165) is 6.07 Å². The van der Waals surface area contributed by atoms with Gasteiger partial charge in [0.2, 0.25) is 0 Å². The summed E-state index contributed by atoms with van der Waals surface area (Å²) in [5.74, 6) is -1.84. The Hall–Kier alpha value is -2.82. The number of ether oxygens (including phenoxy) is 1. The molecule has 2 heterocycles. The zero-order chi connectivity index (χ0) is 18.5. The molecule has 2 aliphatic heterocycles. The van der Waals surface area contributed by atoms with Crippen LogP contribution in [0.4, 0.5) is 17.6 Å². The van der Waals surface area contributed by atoms with Crippen molar-refractivity contribution in [3.05, 3.63) is 58.5 Å². The molecule has 0 aromatic heterocycles. The maximum atomic E-state index is 14.2. The number of alkyl halides is 2. The van der Waals surface area contributed by atoms with E-state index in [1.807, 2.05) is 6.07 Å². The highest BCUT2D eigenvalue weighted by Gasteiger charge is 2.46. The molecule has 1 aromatic rings. The average Bonchev–Trinajstić information content (AvgIpc) is 2.97. The molecule has 0 saturated carbocycles. The minimum Gasteiger partial charge on any atom is -0.431 e. The van der Waals surface area contributed by atoms with Gasteiger partial charge >= 0.3 is 6.61 Å². The number of rotatable bonds is 2. The Labute approximate surface area is 146 Å². The summed E-state index contributed by atoms with van der Waals surface area (Å²) in [6.45, 7) is -2.82. The number of nitriles is 1. The molecule has 26 heavy (non-hydrogen) atoms. The summed E-state index contributed by atoms with van der Waals surface area (Å²) < 4.78 is 57.9. The highest BCUT2D eigenvalue weighted by molar-refractivity contribution is 6.01. The predicted octanol–water partition coefficient (Wildman–Crippen LogP) is 3.75. The molecule has 0 unspecified atom stereocenters. The highest BCUT2D eigenvalue weighted by Crippen LogP contribution is 2.45. The second kappa shape index (κ2) is 5.87. The maximum absolute atomic E-state index is 14.2. The van der Waals surface area contributed by atoms with Crippen LogP contribution in [-0.2, 0) is 16.7 Å². The SMILES string of the molecule is N#CC1=CN2C[C@@]3(CCCc4c3ccc(F)c4F)N=C2C(OC(F)F)=C1. The molecule has 1 aliphatic carbocycles. The number of fused-ring (bicyclic) bond motifs is 3. The van der Waals surface area contributed by atoms with Crippen LogP contribution in [0, 0.1) is 23.0 Å². The first kappa shape index (κ1) is 16.6. The monoisotopic (exact) mass is 363 g/mol. The molecule has 4 rings (SSSR count). The van der Waals surface area contributed by atoms with Crippen molar-refractivity contribution < 1.29 is 22.3 Å². The van der Waals surface area contributed by atoms with Gasteiger partial charge in [0.15, 0.2) is 23.2 Å². The maximum Gasteiger partial charge on any atom is 0.387 e. The summed E-state index contributed by atoms with van der Waals surface area (Å²) in [6.07, 6.45) is 4.24. The van der Waals surface area contributed by atoms with Crippen molar-refractivity contribution in [2.75, 3.05) is 6.54 Å². The number of hydrogen-bond acceptors (Lipinski definition) is 4.